The SMILES string of the molecule is CCCCOc1ccc(C(O)=C2C(=O)C(=O)N(CCN(CC)CC)C2c2ccc(OCCCC)c(OC)c2)cc1. The fourth-order valence-corrected chi connectivity index (χ4v) is 4.75. The third kappa shape index (κ3) is 7.36. The average molecular weight is 553 g/mol. The van der Waals surface area contributed by atoms with E-state index in [1.807, 2.05) is 6.07 Å². The maximum Gasteiger partial charge on any atom is 0.295 e. The topological polar surface area (TPSA) is 88.5 Å². The molecule has 40 heavy (non-hydrogen) atoms. The van der Waals surface area contributed by atoms with Gasteiger partial charge in [-0.2, -0.15) is 0 Å². The number of aliphatic hydroxyl groups is 1. The average Bonchev–Trinajstić information content (AvgIpc) is 3.23. The Bertz CT molecular complexity index is 1160. The third-order valence-corrected chi connectivity index (χ3v) is 7.24. The zero-order valence-corrected chi connectivity index (χ0v) is 24.6. The summed E-state index contributed by atoms with van der Waals surface area (Å²) in [4.78, 5) is 30.5. The van der Waals surface area contributed by atoms with Gasteiger partial charge in [0, 0.05) is 18.7 Å². The molecule has 0 saturated carbocycles. The van der Waals surface area contributed by atoms with Crippen LogP contribution >= 0.6 is 0 Å². The van der Waals surface area contributed by atoms with Gasteiger partial charge in [0.05, 0.1) is 31.9 Å². The van der Waals surface area contributed by atoms with Crippen molar-refractivity contribution in [2.24, 2.45) is 0 Å². The van der Waals surface area contributed by atoms with Gasteiger partial charge < -0.3 is 29.1 Å². The van der Waals surface area contributed by atoms with Crippen molar-refractivity contribution in [2.75, 3.05) is 46.5 Å². The van der Waals surface area contributed by atoms with E-state index >= 15 is 0 Å². The second kappa shape index (κ2) is 15.3. The van der Waals surface area contributed by atoms with Gasteiger partial charge in [0.25, 0.3) is 11.7 Å². The van der Waals surface area contributed by atoms with Crippen LogP contribution in [0.1, 0.15) is 70.5 Å². The van der Waals surface area contributed by atoms with Crippen molar-refractivity contribution in [3.8, 4) is 17.2 Å². The smallest absolute Gasteiger partial charge is 0.295 e. The standard InChI is InChI=1S/C32H44N2O6/c1-6-10-20-39-25-15-12-23(13-16-25)30(35)28-29(34(32(37)31(28)36)19-18-33(8-3)9-4)24-14-17-26(27(22-24)38-5)40-21-11-7-2/h12-17,22,29,35H,6-11,18-21H2,1-5H3. The summed E-state index contributed by atoms with van der Waals surface area (Å²) in [5.41, 5.74) is 1.17. The number of hydrogen-bond acceptors (Lipinski definition) is 7. The number of nitrogens with zero attached hydrogens (tertiary/aromatic N) is 2. The van der Waals surface area contributed by atoms with Gasteiger partial charge in [0.1, 0.15) is 11.5 Å². The van der Waals surface area contributed by atoms with E-state index in [4.69, 9.17) is 14.2 Å². The Morgan fingerprint density at radius 1 is 0.900 bits per heavy atom. The molecular formula is C32H44N2O6. The first-order valence-corrected chi connectivity index (χ1v) is 14.4. The largest absolute Gasteiger partial charge is 0.507 e. The number of hydrogen-bond donors (Lipinski definition) is 1. The normalized spacial score (nSPS) is 16.6. The lowest BCUT2D eigenvalue weighted by atomic mass is 9.95. The first-order valence-electron chi connectivity index (χ1n) is 14.4. The van der Waals surface area contributed by atoms with Gasteiger partial charge in [-0.1, -0.05) is 46.6 Å². The van der Waals surface area contributed by atoms with E-state index in [0.717, 1.165) is 38.8 Å². The summed E-state index contributed by atoms with van der Waals surface area (Å²) < 4.78 is 17.3. The molecular weight excluding hydrogens is 508 g/mol. The second-order valence-electron chi connectivity index (χ2n) is 9.86. The number of carbonyl (C=O) groups excluding carboxylic acids is 2. The fraction of sp³-hybridized carbons (Fsp3) is 0.500. The van der Waals surface area contributed by atoms with Crippen molar-refractivity contribution in [1.29, 1.82) is 0 Å². The molecule has 0 bridgehead atoms. The molecule has 3 rings (SSSR count). The molecule has 0 radical (unpaired) electrons. The van der Waals surface area contributed by atoms with Gasteiger partial charge >= 0.3 is 0 Å². The monoisotopic (exact) mass is 552 g/mol. The van der Waals surface area contributed by atoms with Gasteiger partial charge in [-0.05, 0) is 67.9 Å². The van der Waals surface area contributed by atoms with Crippen LogP contribution in [0.15, 0.2) is 48.0 Å². The molecule has 8 heteroatoms. The van der Waals surface area contributed by atoms with E-state index in [9.17, 15) is 14.7 Å². The zero-order valence-electron chi connectivity index (χ0n) is 24.6. The van der Waals surface area contributed by atoms with Gasteiger partial charge in [-0.3, -0.25) is 9.59 Å². The number of rotatable bonds is 16. The summed E-state index contributed by atoms with van der Waals surface area (Å²) >= 11 is 0. The number of likely N-dealkylation sites (N-methyl/N-ethyl adjacent to an activating group) is 1. The van der Waals surface area contributed by atoms with E-state index in [-0.39, 0.29) is 11.3 Å². The lowest BCUT2D eigenvalue weighted by molar-refractivity contribution is -0.140. The van der Waals surface area contributed by atoms with Crippen LogP contribution in [0.3, 0.4) is 0 Å². The van der Waals surface area contributed by atoms with E-state index < -0.39 is 17.7 Å². The maximum atomic E-state index is 13.4. The highest BCUT2D eigenvalue weighted by Gasteiger charge is 2.46. The molecule has 0 aromatic heterocycles. The quantitative estimate of drug-likeness (QED) is 0.122. The predicted molar refractivity (Wildman–Crippen MR) is 157 cm³/mol. The van der Waals surface area contributed by atoms with Crippen molar-refractivity contribution in [3.63, 3.8) is 0 Å². The number of unbranched alkanes of at least 4 members (excludes halogenated alkanes) is 2. The van der Waals surface area contributed by atoms with Crippen molar-refractivity contribution in [2.45, 2.75) is 59.4 Å². The zero-order chi connectivity index (χ0) is 29.1. The molecule has 1 aliphatic heterocycles. The Labute approximate surface area is 238 Å². The molecule has 1 amide bonds. The Hall–Kier alpha value is -3.52. The highest BCUT2D eigenvalue weighted by molar-refractivity contribution is 6.46. The number of methoxy groups -OCH3 is 1. The van der Waals surface area contributed by atoms with Crippen LogP contribution < -0.4 is 14.2 Å². The Kier molecular flexibility index (Phi) is 11.9. The van der Waals surface area contributed by atoms with Crippen LogP contribution in [0.25, 0.3) is 5.76 Å². The minimum absolute atomic E-state index is 0.0610. The molecule has 1 heterocycles. The van der Waals surface area contributed by atoms with Crippen LogP contribution in [0.2, 0.25) is 0 Å². The number of ether oxygens (including phenoxy) is 3. The summed E-state index contributed by atoms with van der Waals surface area (Å²) in [6.07, 6.45) is 3.90. The van der Waals surface area contributed by atoms with Crippen molar-refractivity contribution in [1.82, 2.24) is 9.80 Å². The number of amides is 1. The lowest BCUT2D eigenvalue weighted by Crippen LogP contribution is -2.38. The van der Waals surface area contributed by atoms with E-state index in [2.05, 4.69) is 32.6 Å². The first kappa shape index (κ1) is 31.0. The molecule has 2 aromatic carbocycles. The van der Waals surface area contributed by atoms with Crippen molar-refractivity contribution < 1.29 is 28.9 Å². The van der Waals surface area contributed by atoms with Crippen LogP contribution in [-0.4, -0.2) is 73.1 Å². The molecule has 1 unspecified atom stereocenters. The highest BCUT2D eigenvalue weighted by atomic mass is 16.5. The summed E-state index contributed by atoms with van der Waals surface area (Å²) in [5, 5.41) is 11.4. The lowest BCUT2D eigenvalue weighted by Gasteiger charge is -2.28. The highest BCUT2D eigenvalue weighted by Crippen LogP contribution is 2.42. The van der Waals surface area contributed by atoms with Gasteiger partial charge in [-0.15, -0.1) is 0 Å². The minimum Gasteiger partial charge on any atom is -0.507 e. The molecule has 1 fully saturated rings. The number of ketones is 1. The number of aliphatic hydroxyl groups excluding tert-OH is 1. The second-order valence-corrected chi connectivity index (χ2v) is 9.86. The summed E-state index contributed by atoms with van der Waals surface area (Å²) in [5.74, 6) is 0.253. The van der Waals surface area contributed by atoms with Crippen molar-refractivity contribution in [3.05, 3.63) is 59.2 Å². The van der Waals surface area contributed by atoms with Gasteiger partial charge in [0.15, 0.2) is 11.5 Å². The number of benzene rings is 2. The summed E-state index contributed by atoms with van der Waals surface area (Å²) in [7, 11) is 1.56. The molecule has 2 aromatic rings. The first-order chi connectivity index (χ1) is 19.4. The van der Waals surface area contributed by atoms with E-state index in [1.165, 1.54) is 0 Å². The molecule has 1 N–H and O–H groups in total. The van der Waals surface area contributed by atoms with Crippen LogP contribution in [0.5, 0.6) is 17.2 Å². The van der Waals surface area contributed by atoms with Gasteiger partial charge in [0.2, 0.25) is 0 Å². The van der Waals surface area contributed by atoms with Gasteiger partial charge in [-0.25, -0.2) is 0 Å². The molecule has 1 atom stereocenters. The Morgan fingerprint density at radius 2 is 1.55 bits per heavy atom. The predicted octanol–water partition coefficient (Wildman–Crippen LogP) is 5.82. The van der Waals surface area contributed by atoms with Crippen LogP contribution in [0, 0.1) is 0 Å². The molecule has 218 valence electrons. The molecule has 1 aliphatic rings. The summed E-state index contributed by atoms with van der Waals surface area (Å²) in [6.45, 7) is 12.1. The van der Waals surface area contributed by atoms with E-state index in [0.29, 0.717) is 54.7 Å². The summed E-state index contributed by atoms with van der Waals surface area (Å²) in [6, 6.07) is 11.6. The van der Waals surface area contributed by atoms with E-state index in [1.54, 1.807) is 48.4 Å². The Morgan fingerprint density at radius 3 is 2.15 bits per heavy atom. The fourth-order valence-electron chi connectivity index (χ4n) is 4.75. The minimum atomic E-state index is -0.769. The maximum absolute atomic E-state index is 13.4. The number of carbonyl (C=O) groups is 2. The molecule has 0 spiro atoms. The molecule has 0 aliphatic carbocycles. The third-order valence-electron chi connectivity index (χ3n) is 7.24. The van der Waals surface area contributed by atoms with Crippen LogP contribution in [-0.2, 0) is 9.59 Å². The van der Waals surface area contributed by atoms with Crippen LogP contribution in [0.4, 0.5) is 0 Å². The number of Topliss-reactive ketones (excluding diaryl/α,β-unsaturated/α-hetero) is 1. The van der Waals surface area contributed by atoms with Crippen molar-refractivity contribution >= 4 is 17.4 Å². The molecule has 8 nitrogen and oxygen atoms in total. The Balaban J connectivity index is 2.04. The molecule has 1 saturated heterocycles. The number of likely N-dealkylation sites (tertiary alicyclic amines) is 1.